The zero-order chi connectivity index (χ0) is 18.1. The Bertz CT molecular complexity index is 936. The minimum Gasteiger partial charge on any atom is -0.192 e. The van der Waals surface area contributed by atoms with Gasteiger partial charge >= 0.3 is 0 Å². The van der Waals surface area contributed by atoms with Crippen LogP contribution < -0.4 is 0 Å². The first-order valence-electron chi connectivity index (χ1n) is 9.89. The predicted molar refractivity (Wildman–Crippen MR) is 106 cm³/mol. The van der Waals surface area contributed by atoms with Gasteiger partial charge in [0.2, 0.25) is 0 Å². The van der Waals surface area contributed by atoms with Crippen molar-refractivity contribution in [2.24, 2.45) is 23.7 Å². The van der Waals surface area contributed by atoms with Gasteiger partial charge in [-0.3, -0.25) is 0 Å². The summed E-state index contributed by atoms with van der Waals surface area (Å²) >= 11 is 6.87. The molecule has 0 amide bonds. The molecule has 2 aromatic carbocycles. The van der Waals surface area contributed by atoms with Crippen molar-refractivity contribution in [3.8, 4) is 17.2 Å². The van der Waals surface area contributed by atoms with Gasteiger partial charge in [-0.15, -0.1) is 0 Å². The Hall–Kier alpha value is -1.78. The first-order valence-corrected chi connectivity index (χ1v) is 10.3. The Balaban J connectivity index is 1.85. The summed E-state index contributed by atoms with van der Waals surface area (Å²) in [5.74, 6) is 2.79. The molecule has 0 saturated heterocycles. The summed E-state index contributed by atoms with van der Waals surface area (Å²) in [6.07, 6.45) is 5.20. The molecule has 2 aromatic rings. The number of hydrogen-bond donors (Lipinski definition) is 0. The number of benzene rings is 2. The van der Waals surface area contributed by atoms with Crippen LogP contribution in [0.4, 0.5) is 0 Å². The molecule has 1 spiro atoms. The summed E-state index contributed by atoms with van der Waals surface area (Å²) in [7, 11) is 0. The molecule has 1 nitrogen and oxygen atoms in total. The second-order valence-electron chi connectivity index (χ2n) is 8.92. The number of halogens is 1. The van der Waals surface area contributed by atoms with E-state index in [0.717, 1.165) is 22.4 Å². The van der Waals surface area contributed by atoms with Crippen LogP contribution >= 0.6 is 11.6 Å². The molecule has 3 aliphatic rings. The van der Waals surface area contributed by atoms with Gasteiger partial charge in [-0.1, -0.05) is 43.6 Å². The Labute approximate surface area is 161 Å². The third kappa shape index (κ3) is 1.97. The van der Waals surface area contributed by atoms with Crippen molar-refractivity contribution < 1.29 is 0 Å². The lowest BCUT2D eigenvalue weighted by Crippen LogP contribution is -2.49. The minimum atomic E-state index is -0.0267. The Morgan fingerprint density at radius 2 is 1.88 bits per heavy atom. The van der Waals surface area contributed by atoms with Gasteiger partial charge in [0, 0.05) is 10.4 Å². The number of nitriles is 1. The van der Waals surface area contributed by atoms with Gasteiger partial charge < -0.3 is 0 Å². The van der Waals surface area contributed by atoms with E-state index in [1.54, 1.807) is 0 Å². The highest BCUT2D eigenvalue weighted by Crippen LogP contribution is 2.65. The van der Waals surface area contributed by atoms with Crippen molar-refractivity contribution >= 4 is 11.6 Å². The summed E-state index contributed by atoms with van der Waals surface area (Å²) < 4.78 is 0. The molecule has 26 heavy (non-hydrogen) atoms. The van der Waals surface area contributed by atoms with Crippen molar-refractivity contribution in [3.63, 3.8) is 0 Å². The molecule has 5 rings (SSSR count). The van der Waals surface area contributed by atoms with Crippen LogP contribution in [0.5, 0.6) is 0 Å². The largest absolute Gasteiger partial charge is 0.192 e. The number of rotatable bonds is 0. The third-order valence-electron chi connectivity index (χ3n) is 7.46. The van der Waals surface area contributed by atoms with Crippen molar-refractivity contribution in [1.82, 2.24) is 0 Å². The van der Waals surface area contributed by atoms with Gasteiger partial charge in [0.25, 0.3) is 0 Å². The van der Waals surface area contributed by atoms with Crippen LogP contribution in [0, 0.1) is 35.0 Å². The number of nitrogens with zero attached hydrogens (tertiary/aromatic N) is 1. The first kappa shape index (κ1) is 16.4. The average Bonchev–Trinajstić information content (AvgIpc) is 2.92. The van der Waals surface area contributed by atoms with E-state index in [0.29, 0.717) is 11.8 Å². The normalized spacial score (nSPS) is 34.2. The zero-order valence-electron chi connectivity index (χ0n) is 15.4. The van der Waals surface area contributed by atoms with Crippen LogP contribution in [-0.4, -0.2) is 0 Å². The second-order valence-corrected chi connectivity index (χ2v) is 9.32. The maximum atomic E-state index is 9.54. The molecule has 2 heteroatoms. The van der Waals surface area contributed by atoms with E-state index in [2.05, 4.69) is 50.2 Å². The molecule has 2 fully saturated rings. The maximum absolute atomic E-state index is 9.54. The maximum Gasteiger partial charge on any atom is 0.0991 e. The molecule has 0 aromatic heterocycles. The van der Waals surface area contributed by atoms with Crippen LogP contribution in [0.3, 0.4) is 0 Å². The minimum absolute atomic E-state index is 0.0267. The van der Waals surface area contributed by atoms with Crippen LogP contribution in [0.2, 0.25) is 5.02 Å². The topological polar surface area (TPSA) is 23.8 Å². The van der Waals surface area contributed by atoms with E-state index >= 15 is 0 Å². The van der Waals surface area contributed by atoms with Gasteiger partial charge in [0.05, 0.1) is 11.6 Å². The predicted octanol–water partition coefficient (Wildman–Crippen LogP) is 6.57. The Morgan fingerprint density at radius 1 is 1.04 bits per heavy atom. The number of hydrogen-bond acceptors (Lipinski definition) is 1. The molecule has 0 radical (unpaired) electrons. The summed E-state index contributed by atoms with van der Waals surface area (Å²) in [5, 5.41) is 10.4. The molecule has 5 atom stereocenters. The van der Waals surface area contributed by atoms with Gasteiger partial charge in [0.15, 0.2) is 0 Å². The van der Waals surface area contributed by atoms with E-state index < -0.39 is 0 Å². The van der Waals surface area contributed by atoms with E-state index in [9.17, 15) is 5.26 Å². The fourth-order valence-electron chi connectivity index (χ4n) is 6.83. The van der Waals surface area contributed by atoms with E-state index in [1.165, 1.54) is 47.9 Å². The SMILES string of the molecule is CC1CC2CC(C)C3(c4cc(C#N)ccc4-c4cccc(Cl)c43)C(C1)C2. The fourth-order valence-corrected chi connectivity index (χ4v) is 7.16. The monoisotopic (exact) mass is 361 g/mol. The van der Waals surface area contributed by atoms with Gasteiger partial charge in [0.1, 0.15) is 0 Å². The van der Waals surface area contributed by atoms with Gasteiger partial charge in [-0.25, -0.2) is 0 Å². The first-order chi connectivity index (χ1) is 12.6. The summed E-state index contributed by atoms with van der Waals surface area (Å²) in [6, 6.07) is 15.0. The molecule has 2 saturated carbocycles. The van der Waals surface area contributed by atoms with Crippen molar-refractivity contribution in [2.75, 3.05) is 0 Å². The fraction of sp³-hybridized carbons (Fsp3) is 0.458. The number of fused-ring (bicyclic) bond motifs is 8. The highest BCUT2D eigenvalue weighted by Gasteiger charge is 2.57. The molecule has 2 bridgehead atoms. The summed E-state index contributed by atoms with van der Waals surface area (Å²) in [6.45, 7) is 4.84. The zero-order valence-corrected chi connectivity index (χ0v) is 16.2. The molecule has 5 unspecified atom stereocenters. The van der Waals surface area contributed by atoms with E-state index in [1.807, 2.05) is 6.07 Å². The lowest BCUT2D eigenvalue weighted by Gasteiger charge is -2.54. The quantitative estimate of drug-likeness (QED) is 0.520. The average molecular weight is 362 g/mol. The van der Waals surface area contributed by atoms with Crippen molar-refractivity contribution in [2.45, 2.75) is 44.9 Å². The molecule has 0 heterocycles. The van der Waals surface area contributed by atoms with Gasteiger partial charge in [-0.2, -0.15) is 5.26 Å². The van der Waals surface area contributed by atoms with Gasteiger partial charge in [-0.05, 0) is 89.8 Å². The van der Waals surface area contributed by atoms with Crippen LogP contribution in [-0.2, 0) is 5.41 Å². The molecular formula is C24H24ClN. The summed E-state index contributed by atoms with van der Waals surface area (Å²) in [4.78, 5) is 0. The Morgan fingerprint density at radius 3 is 2.69 bits per heavy atom. The third-order valence-corrected chi connectivity index (χ3v) is 7.78. The van der Waals surface area contributed by atoms with Crippen LogP contribution in [0.1, 0.15) is 56.2 Å². The lowest BCUT2D eigenvalue weighted by atomic mass is 9.49. The Kier molecular flexibility index (Phi) is 3.54. The van der Waals surface area contributed by atoms with Crippen LogP contribution in [0.25, 0.3) is 11.1 Å². The smallest absolute Gasteiger partial charge is 0.0991 e. The molecule has 0 N–H and O–H groups in total. The van der Waals surface area contributed by atoms with Crippen LogP contribution in [0.15, 0.2) is 36.4 Å². The summed E-state index contributed by atoms with van der Waals surface area (Å²) in [5.41, 5.74) is 6.04. The molecule has 132 valence electrons. The molecule has 3 aliphatic carbocycles. The highest BCUT2D eigenvalue weighted by molar-refractivity contribution is 6.32. The van der Waals surface area contributed by atoms with Crippen molar-refractivity contribution in [1.29, 1.82) is 5.26 Å². The molecule has 0 aliphatic heterocycles. The molecular weight excluding hydrogens is 338 g/mol. The highest BCUT2D eigenvalue weighted by atomic mass is 35.5. The lowest BCUT2D eigenvalue weighted by molar-refractivity contribution is 0.0426. The van der Waals surface area contributed by atoms with E-state index in [4.69, 9.17) is 11.6 Å². The second kappa shape index (κ2) is 5.61. The standard InChI is InChI=1S/C24H24ClN/c1-14-8-17-10-15(2)24(18(9-14)11-17)21-12-16(13-26)6-7-19(21)20-4-3-5-22(25)23(20)24/h3-7,12,14-15,17-18H,8-11H2,1-2H3. The van der Waals surface area contributed by atoms with Crippen molar-refractivity contribution in [3.05, 3.63) is 58.1 Å². The van der Waals surface area contributed by atoms with E-state index in [-0.39, 0.29) is 5.41 Å².